The Morgan fingerprint density at radius 3 is 2.58 bits per heavy atom. The first kappa shape index (κ1) is 17.7. The van der Waals surface area contributed by atoms with E-state index in [0.717, 1.165) is 10.0 Å². The van der Waals surface area contributed by atoms with E-state index in [2.05, 4.69) is 15.9 Å². The van der Waals surface area contributed by atoms with E-state index in [-0.39, 0.29) is 17.3 Å². The molecule has 0 N–H and O–H groups in total. The number of rotatable bonds is 7. The molecule has 0 aromatic heterocycles. The van der Waals surface area contributed by atoms with Crippen molar-refractivity contribution in [2.24, 2.45) is 0 Å². The maximum absolute atomic E-state index is 12.3. The van der Waals surface area contributed by atoms with E-state index in [9.17, 15) is 14.7 Å². The van der Waals surface area contributed by atoms with Crippen LogP contribution in [0.25, 0.3) is 6.08 Å². The Bertz CT molecular complexity index is 783. The first-order valence-corrected chi connectivity index (χ1v) is 7.78. The lowest BCUT2D eigenvalue weighted by Gasteiger charge is -2.11. The van der Waals surface area contributed by atoms with Crippen molar-refractivity contribution in [1.29, 1.82) is 0 Å². The zero-order chi connectivity index (χ0) is 17.5. The minimum absolute atomic E-state index is 0.212. The number of ketones is 1. The zero-order valence-electron chi connectivity index (χ0n) is 12.8. The first-order chi connectivity index (χ1) is 11.5. The van der Waals surface area contributed by atoms with Gasteiger partial charge in [0.15, 0.2) is 17.3 Å². The molecule has 0 spiro atoms. The Labute approximate surface area is 147 Å². The van der Waals surface area contributed by atoms with Crippen LogP contribution in [0, 0.1) is 0 Å². The number of ether oxygens (including phenoxy) is 2. The number of aliphatic carboxylic acids is 1. The Morgan fingerprint density at radius 1 is 1.17 bits per heavy atom. The number of carboxylic acid groups (broad SMARTS) is 1. The molecule has 0 fully saturated rings. The van der Waals surface area contributed by atoms with Gasteiger partial charge in [-0.1, -0.05) is 34.1 Å². The highest BCUT2D eigenvalue weighted by Gasteiger charge is 2.09. The smallest absolute Gasteiger partial charge is 0.185 e. The average Bonchev–Trinajstić information content (AvgIpc) is 2.58. The fourth-order valence-electron chi connectivity index (χ4n) is 1.95. The van der Waals surface area contributed by atoms with Gasteiger partial charge in [-0.3, -0.25) is 4.79 Å². The normalized spacial score (nSPS) is 10.6. The van der Waals surface area contributed by atoms with E-state index >= 15 is 0 Å². The lowest BCUT2D eigenvalue weighted by Crippen LogP contribution is -2.29. The monoisotopic (exact) mass is 389 g/mol. The summed E-state index contributed by atoms with van der Waals surface area (Å²) in [6.07, 6.45) is 3.16. The van der Waals surface area contributed by atoms with Gasteiger partial charge in [-0.05, 0) is 42.0 Å². The molecule has 2 aromatic rings. The Balaban J connectivity index is 2.17. The van der Waals surface area contributed by atoms with Crippen LogP contribution in [0.2, 0.25) is 0 Å². The van der Waals surface area contributed by atoms with Gasteiger partial charge in [-0.25, -0.2) is 0 Å². The summed E-state index contributed by atoms with van der Waals surface area (Å²) in [4.78, 5) is 22.7. The Hall–Kier alpha value is -2.60. The Morgan fingerprint density at radius 2 is 1.92 bits per heavy atom. The number of methoxy groups -OCH3 is 1. The molecule has 5 nitrogen and oxygen atoms in total. The molecule has 0 atom stereocenters. The maximum Gasteiger partial charge on any atom is 0.185 e. The molecule has 0 bridgehead atoms. The van der Waals surface area contributed by atoms with Crippen LogP contribution in [0.4, 0.5) is 0 Å². The molecule has 0 heterocycles. The number of benzene rings is 2. The molecule has 2 aromatic carbocycles. The fourth-order valence-corrected chi connectivity index (χ4v) is 2.37. The van der Waals surface area contributed by atoms with E-state index in [1.807, 2.05) is 24.3 Å². The molecule has 0 aliphatic carbocycles. The van der Waals surface area contributed by atoms with Crippen molar-refractivity contribution < 1.29 is 24.2 Å². The number of allylic oxidation sites excluding steroid dienone is 1. The van der Waals surface area contributed by atoms with Gasteiger partial charge in [0.2, 0.25) is 0 Å². The van der Waals surface area contributed by atoms with E-state index in [0.29, 0.717) is 5.56 Å². The average molecular weight is 390 g/mol. The highest BCUT2D eigenvalue weighted by Crippen LogP contribution is 2.28. The van der Waals surface area contributed by atoms with Gasteiger partial charge >= 0.3 is 0 Å². The minimum atomic E-state index is -1.34. The molecule has 0 radical (unpaired) electrons. The number of hydrogen-bond acceptors (Lipinski definition) is 5. The van der Waals surface area contributed by atoms with Crippen LogP contribution < -0.4 is 14.6 Å². The number of carboxylic acids is 1. The van der Waals surface area contributed by atoms with Gasteiger partial charge in [-0.2, -0.15) is 0 Å². The third-order valence-corrected chi connectivity index (χ3v) is 3.84. The summed E-state index contributed by atoms with van der Waals surface area (Å²) < 4.78 is 11.1. The quantitative estimate of drug-likeness (QED) is 0.537. The van der Waals surface area contributed by atoms with Crippen LogP contribution in [-0.4, -0.2) is 25.5 Å². The molecule has 0 amide bonds. The molecule has 0 saturated carbocycles. The third-order valence-electron chi connectivity index (χ3n) is 3.11. The van der Waals surface area contributed by atoms with Crippen LogP contribution in [0.5, 0.6) is 11.5 Å². The molecule has 0 aliphatic heterocycles. The number of hydrogen-bond donors (Lipinski definition) is 0. The highest BCUT2D eigenvalue weighted by molar-refractivity contribution is 9.10. The fraction of sp³-hybridized carbons (Fsp3) is 0.111. The van der Waals surface area contributed by atoms with Crippen molar-refractivity contribution in [3.63, 3.8) is 0 Å². The van der Waals surface area contributed by atoms with Crippen molar-refractivity contribution >= 4 is 33.8 Å². The molecule has 24 heavy (non-hydrogen) atoms. The summed E-state index contributed by atoms with van der Waals surface area (Å²) in [6, 6.07) is 12.1. The van der Waals surface area contributed by atoms with Gasteiger partial charge in [0.25, 0.3) is 0 Å². The van der Waals surface area contributed by atoms with Crippen molar-refractivity contribution in [2.75, 3.05) is 13.7 Å². The van der Waals surface area contributed by atoms with E-state index in [1.54, 1.807) is 12.1 Å². The van der Waals surface area contributed by atoms with Crippen molar-refractivity contribution in [2.45, 2.75) is 0 Å². The molecule has 0 unspecified atom stereocenters. The molecule has 0 saturated heterocycles. The largest absolute Gasteiger partial charge is 0.546 e. The van der Waals surface area contributed by atoms with Crippen LogP contribution in [0.3, 0.4) is 0 Å². The standard InChI is InChI=1S/C18H15BrO5/c1-23-17-10-13(7-9-16(17)24-11-18(21)22)15(20)8-6-12-4-2-3-5-14(12)19/h2-10H,11H2,1H3,(H,21,22)/p-1/b8-6+. The second kappa shape index (κ2) is 8.31. The molecule has 6 heteroatoms. The lowest BCUT2D eigenvalue weighted by molar-refractivity contribution is -0.307. The van der Waals surface area contributed by atoms with Crippen molar-refractivity contribution in [3.05, 3.63) is 64.1 Å². The summed E-state index contributed by atoms with van der Waals surface area (Å²) in [7, 11) is 1.41. The zero-order valence-corrected chi connectivity index (χ0v) is 14.4. The second-order valence-corrected chi connectivity index (χ2v) is 5.60. The topological polar surface area (TPSA) is 75.7 Å². The van der Waals surface area contributed by atoms with Gasteiger partial charge in [-0.15, -0.1) is 0 Å². The maximum atomic E-state index is 12.3. The van der Waals surface area contributed by atoms with Gasteiger partial charge in [0, 0.05) is 10.0 Å². The predicted octanol–water partition coefficient (Wildman–Crippen LogP) is 2.48. The summed E-state index contributed by atoms with van der Waals surface area (Å²) in [5, 5.41) is 10.5. The van der Waals surface area contributed by atoms with Crippen LogP contribution in [0.15, 0.2) is 53.0 Å². The summed E-state index contributed by atoms with van der Waals surface area (Å²) >= 11 is 3.41. The summed E-state index contributed by atoms with van der Waals surface area (Å²) in [6.45, 7) is -0.592. The summed E-state index contributed by atoms with van der Waals surface area (Å²) in [5.41, 5.74) is 1.28. The number of carbonyl (C=O) groups is 2. The van der Waals surface area contributed by atoms with Gasteiger partial charge in [0.05, 0.1) is 13.1 Å². The van der Waals surface area contributed by atoms with Crippen molar-refractivity contribution in [1.82, 2.24) is 0 Å². The van der Waals surface area contributed by atoms with E-state index in [4.69, 9.17) is 9.47 Å². The SMILES string of the molecule is COc1cc(C(=O)/C=C/c2ccccc2Br)ccc1OCC(=O)[O-]. The second-order valence-electron chi connectivity index (χ2n) is 4.75. The first-order valence-electron chi connectivity index (χ1n) is 6.99. The molecule has 0 aliphatic rings. The van der Waals surface area contributed by atoms with E-state index < -0.39 is 12.6 Å². The van der Waals surface area contributed by atoms with Crippen LogP contribution >= 0.6 is 15.9 Å². The predicted molar refractivity (Wildman–Crippen MR) is 91.0 cm³/mol. The molecule has 2 rings (SSSR count). The Kier molecular flexibility index (Phi) is 6.14. The third kappa shape index (κ3) is 4.70. The van der Waals surface area contributed by atoms with Gasteiger partial charge < -0.3 is 19.4 Å². The summed E-state index contributed by atoms with van der Waals surface area (Å²) in [5.74, 6) is -1.05. The van der Waals surface area contributed by atoms with Gasteiger partial charge in [0.1, 0.15) is 6.61 Å². The molecular weight excluding hydrogens is 376 g/mol. The number of carbonyl (C=O) groups excluding carboxylic acids is 2. The van der Waals surface area contributed by atoms with E-state index in [1.165, 1.54) is 25.3 Å². The molecular formula is C18H14BrO5-. The highest BCUT2D eigenvalue weighted by atomic mass is 79.9. The lowest BCUT2D eigenvalue weighted by atomic mass is 10.1. The van der Waals surface area contributed by atoms with Crippen LogP contribution in [0.1, 0.15) is 15.9 Å². The van der Waals surface area contributed by atoms with Crippen LogP contribution in [-0.2, 0) is 4.79 Å². The molecule has 124 valence electrons. The van der Waals surface area contributed by atoms with Crippen molar-refractivity contribution in [3.8, 4) is 11.5 Å². The number of halogens is 1. The minimum Gasteiger partial charge on any atom is -0.546 e.